The van der Waals surface area contributed by atoms with Crippen molar-refractivity contribution in [2.24, 2.45) is 0 Å². The van der Waals surface area contributed by atoms with Gasteiger partial charge in [-0.1, -0.05) is 23.5 Å². The van der Waals surface area contributed by atoms with Gasteiger partial charge in [0.25, 0.3) is 0 Å². The van der Waals surface area contributed by atoms with Crippen molar-refractivity contribution in [2.45, 2.75) is 13.5 Å². The summed E-state index contributed by atoms with van der Waals surface area (Å²) >= 11 is 1.23. The maximum absolute atomic E-state index is 12.0. The highest BCUT2D eigenvalue weighted by Crippen LogP contribution is 2.18. The Morgan fingerprint density at radius 1 is 1.37 bits per heavy atom. The summed E-state index contributed by atoms with van der Waals surface area (Å²) < 4.78 is 2.67. The van der Waals surface area contributed by atoms with Gasteiger partial charge in [0, 0.05) is 11.8 Å². The zero-order valence-electron chi connectivity index (χ0n) is 10.3. The number of aryl methyl sites for hydroxylation is 1. The van der Waals surface area contributed by atoms with Crippen molar-refractivity contribution >= 4 is 27.4 Å². The molecule has 6 heteroatoms. The Morgan fingerprint density at radius 3 is 2.95 bits per heavy atom. The number of rotatable bonds is 2. The predicted octanol–water partition coefficient (Wildman–Crippen LogP) is 1.79. The third-order valence-electron chi connectivity index (χ3n) is 2.92. The number of para-hydroxylation sites is 1. The molecule has 0 unspecified atom stereocenters. The Hall–Kier alpha value is -2.21. The quantitative estimate of drug-likeness (QED) is 0.772. The summed E-state index contributed by atoms with van der Waals surface area (Å²) in [5, 5.41) is 0. The molecule has 0 amide bonds. The van der Waals surface area contributed by atoms with Gasteiger partial charge in [-0.05, 0) is 19.1 Å². The van der Waals surface area contributed by atoms with Gasteiger partial charge in [-0.25, -0.2) is 9.97 Å². The molecule has 0 aliphatic rings. The summed E-state index contributed by atoms with van der Waals surface area (Å²) in [6.45, 7) is 2.18. The largest absolute Gasteiger partial charge is 0.383 e. The molecule has 0 saturated heterocycles. The second kappa shape index (κ2) is 4.47. The highest BCUT2D eigenvalue weighted by Gasteiger charge is 2.09. The number of thiazole rings is 1. The summed E-state index contributed by atoms with van der Waals surface area (Å²) in [6, 6.07) is 7.71. The number of fused-ring (bicyclic) bond motifs is 1. The van der Waals surface area contributed by atoms with Crippen LogP contribution in [0.2, 0.25) is 0 Å². The van der Waals surface area contributed by atoms with Crippen LogP contribution < -0.4 is 10.6 Å². The molecule has 1 aromatic carbocycles. The number of anilines is 1. The molecular formula is C13H12N4OS. The number of hydrogen-bond acceptors (Lipinski definition) is 5. The Balaban J connectivity index is 2.10. The maximum Gasteiger partial charge on any atom is 0.308 e. The van der Waals surface area contributed by atoms with Gasteiger partial charge in [0.2, 0.25) is 0 Å². The van der Waals surface area contributed by atoms with Gasteiger partial charge < -0.3 is 5.73 Å². The van der Waals surface area contributed by atoms with E-state index in [-0.39, 0.29) is 4.87 Å². The van der Waals surface area contributed by atoms with Crippen LogP contribution in [0, 0.1) is 6.92 Å². The smallest absolute Gasteiger partial charge is 0.308 e. The van der Waals surface area contributed by atoms with Gasteiger partial charge in [-0.2, -0.15) is 0 Å². The van der Waals surface area contributed by atoms with E-state index in [0.717, 1.165) is 15.8 Å². The molecule has 0 spiro atoms. The zero-order valence-corrected chi connectivity index (χ0v) is 11.1. The minimum Gasteiger partial charge on any atom is -0.383 e. The molecule has 96 valence electrons. The molecule has 0 atom stereocenters. The molecular weight excluding hydrogens is 260 g/mol. The van der Waals surface area contributed by atoms with E-state index in [1.54, 1.807) is 17.7 Å². The van der Waals surface area contributed by atoms with Gasteiger partial charge in [-0.15, -0.1) is 0 Å². The third-order valence-corrected chi connectivity index (χ3v) is 3.88. The Bertz CT molecular complexity index is 806. The molecule has 3 rings (SSSR count). The summed E-state index contributed by atoms with van der Waals surface area (Å²) in [5.74, 6) is 1.05. The summed E-state index contributed by atoms with van der Waals surface area (Å²) in [6.07, 6.45) is 1.68. The first kappa shape index (κ1) is 11.9. The summed E-state index contributed by atoms with van der Waals surface area (Å²) in [5.41, 5.74) is 7.54. The number of hydrogen-bond donors (Lipinski definition) is 1. The fourth-order valence-electron chi connectivity index (χ4n) is 1.97. The van der Waals surface area contributed by atoms with Crippen molar-refractivity contribution in [3.05, 3.63) is 51.5 Å². The average molecular weight is 272 g/mol. The predicted molar refractivity (Wildman–Crippen MR) is 76.4 cm³/mol. The van der Waals surface area contributed by atoms with Crippen molar-refractivity contribution in [3.8, 4) is 0 Å². The van der Waals surface area contributed by atoms with Crippen LogP contribution in [0.25, 0.3) is 10.2 Å². The standard InChI is InChI=1S/C13H12N4OS/c1-8-15-6-9(12(14)16-8)7-17-10-4-2-3-5-11(10)19-13(17)18/h2-6H,7H2,1H3,(H2,14,15,16). The summed E-state index contributed by atoms with van der Waals surface area (Å²) in [4.78, 5) is 20.3. The normalized spacial score (nSPS) is 11.0. The van der Waals surface area contributed by atoms with Gasteiger partial charge in [-0.3, -0.25) is 9.36 Å². The molecule has 2 N–H and O–H groups in total. The first-order valence-corrected chi connectivity index (χ1v) is 6.63. The lowest BCUT2D eigenvalue weighted by Crippen LogP contribution is -2.15. The third kappa shape index (κ3) is 2.10. The number of benzene rings is 1. The van der Waals surface area contributed by atoms with Crippen LogP contribution in [0.3, 0.4) is 0 Å². The second-order valence-electron chi connectivity index (χ2n) is 4.25. The lowest BCUT2D eigenvalue weighted by Gasteiger charge is -2.06. The van der Waals surface area contributed by atoms with E-state index >= 15 is 0 Å². The molecule has 0 aliphatic heterocycles. The van der Waals surface area contributed by atoms with E-state index in [2.05, 4.69) is 9.97 Å². The molecule has 0 bridgehead atoms. The van der Waals surface area contributed by atoms with E-state index in [1.165, 1.54) is 11.3 Å². The first-order valence-electron chi connectivity index (χ1n) is 5.81. The summed E-state index contributed by atoms with van der Waals surface area (Å²) in [7, 11) is 0. The fraction of sp³-hybridized carbons (Fsp3) is 0.154. The van der Waals surface area contributed by atoms with E-state index < -0.39 is 0 Å². The highest BCUT2D eigenvalue weighted by molar-refractivity contribution is 7.16. The lowest BCUT2D eigenvalue weighted by atomic mass is 10.3. The molecule has 0 radical (unpaired) electrons. The zero-order chi connectivity index (χ0) is 13.4. The van der Waals surface area contributed by atoms with Crippen LogP contribution in [-0.2, 0) is 6.54 Å². The number of aromatic nitrogens is 3. The molecule has 2 heterocycles. The minimum absolute atomic E-state index is 0.00109. The Labute approximate surface area is 113 Å². The first-order chi connectivity index (χ1) is 9.15. The van der Waals surface area contributed by atoms with Gasteiger partial charge in [0.05, 0.1) is 16.8 Å². The highest BCUT2D eigenvalue weighted by atomic mass is 32.1. The van der Waals surface area contributed by atoms with Crippen LogP contribution in [-0.4, -0.2) is 14.5 Å². The van der Waals surface area contributed by atoms with Crippen LogP contribution in [0.1, 0.15) is 11.4 Å². The van der Waals surface area contributed by atoms with Gasteiger partial charge in [0.15, 0.2) is 0 Å². The minimum atomic E-state index is 0.00109. The van der Waals surface area contributed by atoms with E-state index in [0.29, 0.717) is 18.2 Å². The molecule has 0 aliphatic carbocycles. The molecule has 19 heavy (non-hydrogen) atoms. The fourth-order valence-corrected chi connectivity index (χ4v) is 2.86. The van der Waals surface area contributed by atoms with Gasteiger partial charge in [0.1, 0.15) is 11.6 Å². The number of nitrogens with two attached hydrogens (primary N) is 1. The van der Waals surface area contributed by atoms with Crippen LogP contribution in [0.5, 0.6) is 0 Å². The monoisotopic (exact) mass is 272 g/mol. The van der Waals surface area contributed by atoms with Crippen LogP contribution in [0.4, 0.5) is 5.82 Å². The molecule has 5 nitrogen and oxygen atoms in total. The van der Waals surface area contributed by atoms with E-state index in [4.69, 9.17) is 5.73 Å². The molecule has 0 saturated carbocycles. The maximum atomic E-state index is 12.0. The molecule has 0 fully saturated rings. The van der Waals surface area contributed by atoms with E-state index in [9.17, 15) is 4.79 Å². The molecule has 3 aromatic rings. The van der Waals surface area contributed by atoms with Crippen LogP contribution in [0.15, 0.2) is 35.3 Å². The van der Waals surface area contributed by atoms with Crippen LogP contribution >= 0.6 is 11.3 Å². The van der Waals surface area contributed by atoms with Crippen molar-refractivity contribution in [1.82, 2.24) is 14.5 Å². The van der Waals surface area contributed by atoms with Crippen molar-refractivity contribution in [2.75, 3.05) is 5.73 Å². The SMILES string of the molecule is Cc1ncc(Cn2c(=O)sc3ccccc32)c(N)n1. The molecule has 2 aromatic heterocycles. The Morgan fingerprint density at radius 2 is 2.16 bits per heavy atom. The lowest BCUT2D eigenvalue weighted by molar-refractivity contribution is 0.804. The van der Waals surface area contributed by atoms with E-state index in [1.807, 2.05) is 24.3 Å². The number of nitrogen functional groups attached to an aromatic ring is 1. The van der Waals surface area contributed by atoms with Gasteiger partial charge >= 0.3 is 4.87 Å². The topological polar surface area (TPSA) is 73.8 Å². The number of nitrogens with zero attached hydrogens (tertiary/aromatic N) is 3. The average Bonchev–Trinajstić information content (AvgIpc) is 2.69. The van der Waals surface area contributed by atoms with Crippen molar-refractivity contribution in [1.29, 1.82) is 0 Å². The Kier molecular flexibility index (Phi) is 2.79. The second-order valence-corrected chi connectivity index (χ2v) is 5.24. The van der Waals surface area contributed by atoms with Crippen molar-refractivity contribution in [3.63, 3.8) is 0 Å². The van der Waals surface area contributed by atoms with Crippen molar-refractivity contribution < 1.29 is 0 Å².